The van der Waals surface area contributed by atoms with Crippen molar-refractivity contribution in [1.82, 2.24) is 0 Å². The summed E-state index contributed by atoms with van der Waals surface area (Å²) in [6.07, 6.45) is 0.906. The number of carbonyl (C=O) groups excluding carboxylic acids is 2. The van der Waals surface area contributed by atoms with Crippen molar-refractivity contribution in [1.29, 1.82) is 0 Å². The highest BCUT2D eigenvalue weighted by molar-refractivity contribution is 5.92. The Morgan fingerprint density at radius 3 is 1.93 bits per heavy atom. The fourth-order valence-electron chi connectivity index (χ4n) is 2.58. The molecule has 0 amide bonds. The molecule has 0 unspecified atom stereocenters. The number of rotatable bonds is 5. The Morgan fingerprint density at radius 1 is 0.741 bits per heavy atom. The second-order valence-corrected chi connectivity index (χ2v) is 6.17. The van der Waals surface area contributed by atoms with Gasteiger partial charge in [-0.1, -0.05) is 42.8 Å². The summed E-state index contributed by atoms with van der Waals surface area (Å²) < 4.78 is 10.8. The number of hydrogen-bond donors (Lipinski definition) is 0. The summed E-state index contributed by atoms with van der Waals surface area (Å²) in [7, 11) is 0. The first-order valence-electron chi connectivity index (χ1n) is 8.75. The summed E-state index contributed by atoms with van der Waals surface area (Å²) >= 11 is 0. The number of carbonyl (C=O) groups is 2. The summed E-state index contributed by atoms with van der Waals surface area (Å²) in [5.74, 6) is -0.292. The van der Waals surface area contributed by atoms with Crippen LogP contribution in [0.3, 0.4) is 0 Å². The van der Waals surface area contributed by atoms with Crippen LogP contribution in [-0.2, 0) is 6.42 Å². The molecule has 27 heavy (non-hydrogen) atoms. The molecular formula is C23H20O4. The second-order valence-electron chi connectivity index (χ2n) is 6.17. The van der Waals surface area contributed by atoms with E-state index in [9.17, 15) is 9.59 Å². The maximum absolute atomic E-state index is 12.3. The third-order valence-corrected chi connectivity index (χ3v) is 4.08. The molecule has 0 N–H and O–H groups in total. The van der Waals surface area contributed by atoms with Crippen molar-refractivity contribution in [2.45, 2.75) is 20.3 Å². The van der Waals surface area contributed by atoms with Crippen LogP contribution in [0.5, 0.6) is 11.5 Å². The van der Waals surface area contributed by atoms with Crippen molar-refractivity contribution in [3.05, 3.63) is 95.1 Å². The Labute approximate surface area is 158 Å². The Kier molecular flexibility index (Phi) is 5.67. The minimum atomic E-state index is -0.461. The Hall–Kier alpha value is -3.40. The lowest BCUT2D eigenvalue weighted by Gasteiger charge is -2.08. The van der Waals surface area contributed by atoms with E-state index in [1.807, 2.05) is 25.1 Å². The molecule has 3 rings (SSSR count). The van der Waals surface area contributed by atoms with E-state index in [0.717, 1.165) is 17.5 Å². The van der Waals surface area contributed by atoms with Gasteiger partial charge in [-0.05, 0) is 55.3 Å². The summed E-state index contributed by atoms with van der Waals surface area (Å²) in [4.78, 5) is 24.5. The minimum absolute atomic E-state index is 0.313. The van der Waals surface area contributed by atoms with Gasteiger partial charge in [-0.3, -0.25) is 0 Å². The lowest BCUT2D eigenvalue weighted by atomic mass is 10.1. The highest BCUT2D eigenvalue weighted by Crippen LogP contribution is 2.22. The summed E-state index contributed by atoms with van der Waals surface area (Å²) in [5.41, 5.74) is 3.06. The average Bonchev–Trinajstić information content (AvgIpc) is 2.68. The van der Waals surface area contributed by atoms with Crippen molar-refractivity contribution in [2.75, 3.05) is 0 Å². The van der Waals surface area contributed by atoms with Gasteiger partial charge in [0.05, 0.1) is 11.1 Å². The molecule has 0 heterocycles. The molecule has 0 atom stereocenters. The van der Waals surface area contributed by atoms with Crippen LogP contribution in [0.1, 0.15) is 38.8 Å². The maximum Gasteiger partial charge on any atom is 0.343 e. The predicted octanol–water partition coefficient (Wildman–Crippen LogP) is 5.00. The van der Waals surface area contributed by atoms with E-state index in [1.54, 1.807) is 48.5 Å². The zero-order valence-corrected chi connectivity index (χ0v) is 15.3. The maximum atomic E-state index is 12.3. The van der Waals surface area contributed by atoms with E-state index in [4.69, 9.17) is 9.47 Å². The van der Waals surface area contributed by atoms with E-state index in [2.05, 4.69) is 6.92 Å². The van der Waals surface area contributed by atoms with Gasteiger partial charge in [-0.15, -0.1) is 0 Å². The number of aryl methyl sites for hydroxylation is 2. The Balaban J connectivity index is 1.69. The lowest BCUT2D eigenvalue weighted by molar-refractivity contribution is 0.0733. The van der Waals surface area contributed by atoms with Gasteiger partial charge in [-0.2, -0.15) is 0 Å². The van der Waals surface area contributed by atoms with Gasteiger partial charge in [0.15, 0.2) is 0 Å². The number of esters is 2. The molecule has 0 aliphatic heterocycles. The normalized spacial score (nSPS) is 10.3. The Bertz CT molecular complexity index is 958. The smallest absolute Gasteiger partial charge is 0.343 e. The van der Waals surface area contributed by atoms with Gasteiger partial charge in [0.25, 0.3) is 0 Å². The monoisotopic (exact) mass is 360 g/mol. The van der Waals surface area contributed by atoms with Gasteiger partial charge in [0.1, 0.15) is 11.5 Å². The summed E-state index contributed by atoms with van der Waals surface area (Å²) in [6.45, 7) is 3.96. The van der Waals surface area contributed by atoms with Crippen molar-refractivity contribution in [3.63, 3.8) is 0 Å². The van der Waals surface area contributed by atoms with Crippen LogP contribution in [0.25, 0.3) is 0 Å². The van der Waals surface area contributed by atoms with Crippen LogP contribution >= 0.6 is 0 Å². The van der Waals surface area contributed by atoms with E-state index in [0.29, 0.717) is 22.6 Å². The van der Waals surface area contributed by atoms with Crippen molar-refractivity contribution in [3.8, 4) is 11.5 Å². The molecule has 0 fully saturated rings. The summed E-state index contributed by atoms with van der Waals surface area (Å²) in [5, 5.41) is 0. The zero-order chi connectivity index (χ0) is 19.2. The molecule has 3 aromatic carbocycles. The van der Waals surface area contributed by atoms with Crippen LogP contribution in [0.2, 0.25) is 0 Å². The standard InChI is InChI=1S/C23H20O4/c1-3-17-10-12-18(13-11-17)22(24)26-20-8-5-9-21(15-20)27-23(25)19-7-4-6-16(2)14-19/h4-15H,3H2,1-2H3. The molecule has 0 radical (unpaired) electrons. The van der Waals surface area contributed by atoms with Gasteiger partial charge in [-0.25, -0.2) is 9.59 Å². The van der Waals surface area contributed by atoms with Gasteiger partial charge < -0.3 is 9.47 Å². The molecule has 136 valence electrons. The summed E-state index contributed by atoms with van der Waals surface area (Å²) in [6, 6.07) is 20.9. The van der Waals surface area contributed by atoms with Crippen molar-refractivity contribution < 1.29 is 19.1 Å². The molecule has 0 aliphatic rings. The van der Waals surface area contributed by atoms with Crippen LogP contribution in [0.15, 0.2) is 72.8 Å². The van der Waals surface area contributed by atoms with Crippen LogP contribution in [0.4, 0.5) is 0 Å². The average molecular weight is 360 g/mol. The van der Waals surface area contributed by atoms with Crippen LogP contribution < -0.4 is 9.47 Å². The highest BCUT2D eigenvalue weighted by atomic mass is 16.5. The molecule has 0 bridgehead atoms. The number of ether oxygens (including phenoxy) is 2. The fraction of sp³-hybridized carbons (Fsp3) is 0.130. The molecular weight excluding hydrogens is 340 g/mol. The fourth-order valence-corrected chi connectivity index (χ4v) is 2.58. The highest BCUT2D eigenvalue weighted by Gasteiger charge is 2.12. The lowest BCUT2D eigenvalue weighted by Crippen LogP contribution is -2.10. The number of hydrogen-bond acceptors (Lipinski definition) is 4. The minimum Gasteiger partial charge on any atom is -0.423 e. The quantitative estimate of drug-likeness (QED) is 0.475. The first-order valence-corrected chi connectivity index (χ1v) is 8.75. The van der Waals surface area contributed by atoms with Gasteiger partial charge in [0, 0.05) is 6.07 Å². The van der Waals surface area contributed by atoms with Gasteiger partial charge >= 0.3 is 11.9 Å². The molecule has 0 spiro atoms. The molecule has 3 aromatic rings. The third kappa shape index (κ3) is 4.82. The molecule has 0 saturated carbocycles. The molecule has 0 saturated heterocycles. The molecule has 4 heteroatoms. The first kappa shape index (κ1) is 18.4. The largest absolute Gasteiger partial charge is 0.423 e. The predicted molar refractivity (Wildman–Crippen MR) is 103 cm³/mol. The Morgan fingerprint density at radius 2 is 1.33 bits per heavy atom. The van der Waals surface area contributed by atoms with E-state index >= 15 is 0 Å². The molecule has 0 aromatic heterocycles. The SMILES string of the molecule is CCc1ccc(C(=O)Oc2cccc(OC(=O)c3cccc(C)c3)c2)cc1. The topological polar surface area (TPSA) is 52.6 Å². The van der Waals surface area contributed by atoms with Crippen LogP contribution in [0, 0.1) is 6.92 Å². The van der Waals surface area contributed by atoms with E-state index < -0.39 is 11.9 Å². The molecule has 4 nitrogen and oxygen atoms in total. The second kappa shape index (κ2) is 8.32. The van der Waals surface area contributed by atoms with E-state index in [1.165, 1.54) is 6.07 Å². The van der Waals surface area contributed by atoms with Gasteiger partial charge in [0.2, 0.25) is 0 Å². The first-order chi connectivity index (χ1) is 13.0. The van der Waals surface area contributed by atoms with Crippen molar-refractivity contribution in [2.24, 2.45) is 0 Å². The number of benzene rings is 3. The zero-order valence-electron chi connectivity index (χ0n) is 15.3. The van der Waals surface area contributed by atoms with E-state index in [-0.39, 0.29) is 0 Å². The van der Waals surface area contributed by atoms with Crippen molar-refractivity contribution >= 4 is 11.9 Å². The third-order valence-electron chi connectivity index (χ3n) is 4.08. The van der Waals surface area contributed by atoms with Crippen LogP contribution in [-0.4, -0.2) is 11.9 Å². The molecule has 0 aliphatic carbocycles.